The van der Waals surface area contributed by atoms with Crippen molar-refractivity contribution >= 4 is 17.7 Å². The topological polar surface area (TPSA) is 74.4 Å². The van der Waals surface area contributed by atoms with Gasteiger partial charge in [-0.3, -0.25) is 10.1 Å². The molecule has 1 aromatic carbocycles. The van der Waals surface area contributed by atoms with Crippen LogP contribution in [-0.2, 0) is 16.6 Å². The number of benzene rings is 1. The number of nitro benzene ring substituents is 1. The standard InChI is InChI=1S/C16H16N2O4/c1-3-22-16(19)11-9-13-8-10-15(17(13)2)12-4-6-14(7-5-12)18(20)21/h4-11H,3H2,1-2H3/b11-9+. The minimum atomic E-state index is -0.428. The van der Waals surface area contributed by atoms with Gasteiger partial charge in [-0.05, 0) is 42.8 Å². The summed E-state index contributed by atoms with van der Waals surface area (Å²) in [6.07, 6.45) is 3.05. The summed E-state index contributed by atoms with van der Waals surface area (Å²) in [4.78, 5) is 21.6. The molecule has 0 N–H and O–H groups in total. The van der Waals surface area contributed by atoms with Gasteiger partial charge in [0.2, 0.25) is 0 Å². The normalized spacial score (nSPS) is 10.8. The average Bonchev–Trinajstić information content (AvgIpc) is 2.86. The minimum absolute atomic E-state index is 0.0559. The van der Waals surface area contributed by atoms with Gasteiger partial charge in [0.15, 0.2) is 0 Å². The number of non-ortho nitro benzene ring substituents is 1. The number of aromatic nitrogens is 1. The van der Waals surface area contributed by atoms with E-state index in [-0.39, 0.29) is 11.7 Å². The quantitative estimate of drug-likeness (QED) is 0.368. The average molecular weight is 300 g/mol. The number of carbonyl (C=O) groups excluding carboxylic acids is 1. The molecule has 0 spiro atoms. The number of carbonyl (C=O) groups is 1. The first-order chi connectivity index (χ1) is 10.5. The van der Waals surface area contributed by atoms with Crippen molar-refractivity contribution in [1.82, 2.24) is 4.57 Å². The molecule has 1 heterocycles. The number of esters is 1. The van der Waals surface area contributed by atoms with Crippen LogP contribution in [0.1, 0.15) is 12.6 Å². The largest absolute Gasteiger partial charge is 0.463 e. The zero-order valence-corrected chi connectivity index (χ0v) is 12.4. The van der Waals surface area contributed by atoms with Crippen LogP contribution in [0.3, 0.4) is 0 Å². The highest BCUT2D eigenvalue weighted by Gasteiger charge is 2.08. The lowest BCUT2D eigenvalue weighted by molar-refractivity contribution is -0.384. The first-order valence-electron chi connectivity index (χ1n) is 6.78. The second-order valence-corrected chi connectivity index (χ2v) is 4.59. The number of hydrogen-bond acceptors (Lipinski definition) is 4. The molecular formula is C16H16N2O4. The molecule has 6 heteroatoms. The van der Waals surface area contributed by atoms with Gasteiger partial charge < -0.3 is 9.30 Å². The van der Waals surface area contributed by atoms with Crippen LogP contribution in [-0.4, -0.2) is 22.1 Å². The minimum Gasteiger partial charge on any atom is -0.463 e. The number of nitro groups is 1. The maximum absolute atomic E-state index is 11.3. The van der Waals surface area contributed by atoms with Gasteiger partial charge in [-0.15, -0.1) is 0 Å². The van der Waals surface area contributed by atoms with Gasteiger partial charge in [-0.1, -0.05) is 0 Å². The maximum Gasteiger partial charge on any atom is 0.330 e. The van der Waals surface area contributed by atoms with E-state index < -0.39 is 4.92 Å². The molecule has 0 saturated carbocycles. The number of rotatable bonds is 5. The highest BCUT2D eigenvalue weighted by Crippen LogP contribution is 2.24. The fourth-order valence-corrected chi connectivity index (χ4v) is 2.08. The van der Waals surface area contributed by atoms with Gasteiger partial charge in [-0.2, -0.15) is 0 Å². The third-order valence-corrected chi connectivity index (χ3v) is 3.21. The van der Waals surface area contributed by atoms with Crippen molar-refractivity contribution in [2.45, 2.75) is 6.92 Å². The van der Waals surface area contributed by atoms with Crippen LogP contribution in [0, 0.1) is 10.1 Å². The van der Waals surface area contributed by atoms with Gasteiger partial charge in [0.25, 0.3) is 5.69 Å². The Morgan fingerprint density at radius 2 is 1.95 bits per heavy atom. The fraction of sp³-hybridized carbons (Fsp3) is 0.188. The molecule has 0 radical (unpaired) electrons. The molecule has 0 fully saturated rings. The Kier molecular flexibility index (Phi) is 4.73. The van der Waals surface area contributed by atoms with Crippen molar-refractivity contribution in [1.29, 1.82) is 0 Å². The molecule has 2 aromatic rings. The van der Waals surface area contributed by atoms with Crippen molar-refractivity contribution in [3.63, 3.8) is 0 Å². The van der Waals surface area contributed by atoms with Crippen molar-refractivity contribution in [3.8, 4) is 11.3 Å². The summed E-state index contributed by atoms with van der Waals surface area (Å²) in [5.74, 6) is -0.388. The number of ether oxygens (including phenoxy) is 1. The molecule has 114 valence electrons. The van der Waals surface area contributed by atoms with Crippen LogP contribution in [0.25, 0.3) is 17.3 Å². The fourth-order valence-electron chi connectivity index (χ4n) is 2.08. The molecule has 0 unspecified atom stereocenters. The third kappa shape index (κ3) is 3.41. The second kappa shape index (κ2) is 6.71. The van der Waals surface area contributed by atoms with Crippen molar-refractivity contribution in [2.24, 2.45) is 7.05 Å². The lowest BCUT2D eigenvalue weighted by atomic mass is 10.1. The van der Waals surface area contributed by atoms with Gasteiger partial charge >= 0.3 is 5.97 Å². The van der Waals surface area contributed by atoms with E-state index in [1.165, 1.54) is 18.2 Å². The Balaban J connectivity index is 2.23. The van der Waals surface area contributed by atoms with Crippen molar-refractivity contribution in [3.05, 3.63) is 58.3 Å². The molecule has 0 amide bonds. The highest BCUT2D eigenvalue weighted by atomic mass is 16.6. The molecule has 2 rings (SSSR count). The van der Waals surface area contributed by atoms with E-state index in [0.717, 1.165) is 17.0 Å². The Hall–Kier alpha value is -2.89. The summed E-state index contributed by atoms with van der Waals surface area (Å²) in [5.41, 5.74) is 2.66. The molecule has 0 aliphatic heterocycles. The summed E-state index contributed by atoms with van der Waals surface area (Å²) < 4.78 is 6.73. The Bertz CT molecular complexity index is 714. The van der Waals surface area contributed by atoms with E-state index in [9.17, 15) is 14.9 Å². The van der Waals surface area contributed by atoms with Crippen molar-refractivity contribution in [2.75, 3.05) is 6.61 Å². The van der Waals surface area contributed by atoms with E-state index in [0.29, 0.717) is 6.61 Å². The highest BCUT2D eigenvalue weighted by molar-refractivity contribution is 5.87. The lowest BCUT2D eigenvalue weighted by Crippen LogP contribution is -1.99. The molecule has 22 heavy (non-hydrogen) atoms. The second-order valence-electron chi connectivity index (χ2n) is 4.59. The first kappa shape index (κ1) is 15.5. The van der Waals surface area contributed by atoms with E-state index in [4.69, 9.17) is 4.74 Å². The molecule has 0 aliphatic carbocycles. The summed E-state index contributed by atoms with van der Waals surface area (Å²) in [5, 5.41) is 10.7. The maximum atomic E-state index is 11.3. The van der Waals surface area contributed by atoms with Crippen LogP contribution < -0.4 is 0 Å². The summed E-state index contributed by atoms with van der Waals surface area (Å²) >= 11 is 0. The smallest absolute Gasteiger partial charge is 0.330 e. The van der Waals surface area contributed by atoms with Crippen LogP contribution in [0.15, 0.2) is 42.5 Å². The predicted octanol–water partition coefficient (Wildman–Crippen LogP) is 3.18. The van der Waals surface area contributed by atoms with E-state index in [2.05, 4.69) is 0 Å². The Labute approximate surface area is 127 Å². The van der Waals surface area contributed by atoms with Crippen LogP contribution in [0.5, 0.6) is 0 Å². The third-order valence-electron chi connectivity index (χ3n) is 3.21. The summed E-state index contributed by atoms with van der Waals surface area (Å²) in [6.45, 7) is 2.09. The predicted molar refractivity (Wildman–Crippen MR) is 83.2 cm³/mol. The first-order valence-corrected chi connectivity index (χ1v) is 6.78. The number of nitrogens with zero attached hydrogens (tertiary/aromatic N) is 2. The SMILES string of the molecule is CCOC(=O)/C=C/c1ccc(-c2ccc([N+](=O)[O-])cc2)n1C. The van der Waals surface area contributed by atoms with Crippen LogP contribution in [0.2, 0.25) is 0 Å². The monoisotopic (exact) mass is 300 g/mol. The molecule has 0 bridgehead atoms. The molecular weight excluding hydrogens is 284 g/mol. The van der Waals surface area contributed by atoms with E-state index in [1.807, 2.05) is 23.7 Å². The van der Waals surface area contributed by atoms with Gasteiger partial charge in [-0.25, -0.2) is 4.79 Å². The summed E-state index contributed by atoms with van der Waals surface area (Å²) in [6, 6.07) is 10.1. The molecule has 6 nitrogen and oxygen atoms in total. The number of hydrogen-bond donors (Lipinski definition) is 0. The van der Waals surface area contributed by atoms with Gasteiger partial charge in [0.05, 0.1) is 11.5 Å². The zero-order chi connectivity index (χ0) is 16.1. The zero-order valence-electron chi connectivity index (χ0n) is 12.4. The Morgan fingerprint density at radius 1 is 1.27 bits per heavy atom. The van der Waals surface area contributed by atoms with Crippen molar-refractivity contribution < 1.29 is 14.5 Å². The summed E-state index contributed by atoms with van der Waals surface area (Å²) in [7, 11) is 1.86. The molecule has 0 atom stereocenters. The van der Waals surface area contributed by atoms with Gasteiger partial charge in [0, 0.05) is 36.6 Å². The molecule has 1 aromatic heterocycles. The van der Waals surface area contributed by atoms with E-state index >= 15 is 0 Å². The van der Waals surface area contributed by atoms with Gasteiger partial charge in [0.1, 0.15) is 0 Å². The molecule has 0 aliphatic rings. The van der Waals surface area contributed by atoms with Crippen LogP contribution >= 0.6 is 0 Å². The van der Waals surface area contributed by atoms with Crippen LogP contribution in [0.4, 0.5) is 5.69 Å². The Morgan fingerprint density at radius 3 is 2.55 bits per heavy atom. The lowest BCUT2D eigenvalue weighted by Gasteiger charge is -2.05. The van der Waals surface area contributed by atoms with E-state index in [1.54, 1.807) is 25.1 Å². The molecule has 0 saturated heterocycles.